The molecule has 7 nitrogen and oxygen atoms in total. The number of aromatic nitrogens is 4. The molecule has 7 heteroatoms. The van der Waals surface area contributed by atoms with E-state index in [1.165, 1.54) is 5.56 Å². The maximum absolute atomic E-state index is 5.53. The normalized spacial score (nSPS) is 17.9. The van der Waals surface area contributed by atoms with Gasteiger partial charge in [-0.3, -0.25) is 9.58 Å². The Hall–Kier alpha value is -2.67. The third kappa shape index (κ3) is 4.19. The SMILES string of the molecule is COc1ccc(CN2CCC[C@@H](c3noc(C)n3)C2)cc1Cn1cccn1. The minimum Gasteiger partial charge on any atom is -0.496 e. The van der Waals surface area contributed by atoms with Crippen molar-refractivity contribution in [3.05, 3.63) is 59.5 Å². The van der Waals surface area contributed by atoms with E-state index < -0.39 is 0 Å². The van der Waals surface area contributed by atoms with Gasteiger partial charge in [0.1, 0.15) is 5.75 Å². The highest BCUT2D eigenvalue weighted by molar-refractivity contribution is 5.37. The van der Waals surface area contributed by atoms with Crippen LogP contribution in [0, 0.1) is 6.92 Å². The van der Waals surface area contributed by atoms with Crippen LogP contribution in [0.5, 0.6) is 5.75 Å². The lowest BCUT2D eigenvalue weighted by atomic mass is 9.96. The van der Waals surface area contributed by atoms with Gasteiger partial charge in [-0.25, -0.2) is 0 Å². The number of methoxy groups -OCH3 is 1. The molecule has 0 aliphatic carbocycles. The molecule has 0 radical (unpaired) electrons. The second-order valence-electron chi connectivity index (χ2n) is 7.10. The van der Waals surface area contributed by atoms with Crippen LogP contribution in [-0.4, -0.2) is 45.0 Å². The summed E-state index contributed by atoms with van der Waals surface area (Å²) < 4.78 is 12.6. The molecule has 1 aliphatic rings. The quantitative estimate of drug-likeness (QED) is 0.667. The molecule has 0 spiro atoms. The fourth-order valence-corrected chi connectivity index (χ4v) is 3.77. The van der Waals surface area contributed by atoms with Gasteiger partial charge in [-0.05, 0) is 43.1 Å². The van der Waals surface area contributed by atoms with Crippen molar-refractivity contribution < 1.29 is 9.26 Å². The number of ether oxygens (including phenoxy) is 1. The Morgan fingerprint density at radius 3 is 2.96 bits per heavy atom. The van der Waals surface area contributed by atoms with Crippen LogP contribution < -0.4 is 4.74 Å². The number of hydrogen-bond donors (Lipinski definition) is 0. The largest absolute Gasteiger partial charge is 0.496 e. The Morgan fingerprint density at radius 2 is 2.22 bits per heavy atom. The summed E-state index contributed by atoms with van der Waals surface area (Å²) in [5.41, 5.74) is 2.42. The zero-order valence-corrected chi connectivity index (χ0v) is 15.8. The van der Waals surface area contributed by atoms with Crippen molar-refractivity contribution in [3.8, 4) is 5.75 Å². The predicted molar refractivity (Wildman–Crippen MR) is 101 cm³/mol. The summed E-state index contributed by atoms with van der Waals surface area (Å²) in [4.78, 5) is 6.90. The molecule has 0 unspecified atom stereocenters. The molecule has 0 saturated carbocycles. The van der Waals surface area contributed by atoms with Crippen LogP contribution in [0.3, 0.4) is 0 Å². The monoisotopic (exact) mass is 367 g/mol. The summed E-state index contributed by atoms with van der Waals surface area (Å²) in [6.45, 7) is 5.50. The van der Waals surface area contributed by atoms with Crippen molar-refractivity contribution in [2.45, 2.75) is 38.8 Å². The Balaban J connectivity index is 1.46. The van der Waals surface area contributed by atoms with Crippen molar-refractivity contribution in [1.82, 2.24) is 24.8 Å². The summed E-state index contributed by atoms with van der Waals surface area (Å²) in [7, 11) is 1.71. The van der Waals surface area contributed by atoms with Crippen molar-refractivity contribution in [1.29, 1.82) is 0 Å². The Bertz CT molecular complexity index is 874. The van der Waals surface area contributed by atoms with Crippen molar-refractivity contribution in [2.75, 3.05) is 20.2 Å². The number of aryl methyl sites for hydroxylation is 1. The van der Waals surface area contributed by atoms with Gasteiger partial charge in [-0.15, -0.1) is 0 Å². The zero-order valence-electron chi connectivity index (χ0n) is 15.8. The van der Waals surface area contributed by atoms with Crippen LogP contribution in [0.1, 0.15) is 41.6 Å². The number of benzene rings is 1. The maximum Gasteiger partial charge on any atom is 0.223 e. The highest BCUT2D eigenvalue weighted by Crippen LogP contribution is 2.27. The van der Waals surface area contributed by atoms with E-state index in [-0.39, 0.29) is 0 Å². The number of piperidine rings is 1. The van der Waals surface area contributed by atoms with E-state index in [9.17, 15) is 0 Å². The molecule has 2 aromatic heterocycles. The van der Waals surface area contributed by atoms with E-state index in [2.05, 4.69) is 38.3 Å². The molecule has 1 saturated heterocycles. The highest BCUT2D eigenvalue weighted by atomic mass is 16.5. The smallest absolute Gasteiger partial charge is 0.223 e. The minimum atomic E-state index is 0.345. The molecule has 0 amide bonds. The molecule has 1 aliphatic heterocycles. The molecule has 142 valence electrons. The number of likely N-dealkylation sites (tertiary alicyclic amines) is 1. The Kier molecular flexibility index (Phi) is 5.20. The van der Waals surface area contributed by atoms with Gasteiger partial charge in [0.2, 0.25) is 5.89 Å². The summed E-state index contributed by atoms with van der Waals surface area (Å²) in [5, 5.41) is 8.43. The van der Waals surface area contributed by atoms with Crippen molar-refractivity contribution in [3.63, 3.8) is 0 Å². The van der Waals surface area contributed by atoms with Gasteiger partial charge < -0.3 is 9.26 Å². The molecule has 0 bridgehead atoms. The van der Waals surface area contributed by atoms with Gasteiger partial charge in [-0.2, -0.15) is 10.1 Å². The van der Waals surface area contributed by atoms with Gasteiger partial charge >= 0.3 is 0 Å². The lowest BCUT2D eigenvalue weighted by Crippen LogP contribution is -2.34. The van der Waals surface area contributed by atoms with Crippen molar-refractivity contribution >= 4 is 0 Å². The molecule has 1 fully saturated rings. The third-order valence-electron chi connectivity index (χ3n) is 5.06. The van der Waals surface area contributed by atoms with Gasteiger partial charge in [0.15, 0.2) is 5.82 Å². The van der Waals surface area contributed by atoms with Crippen LogP contribution in [0.4, 0.5) is 0 Å². The zero-order chi connectivity index (χ0) is 18.6. The number of nitrogens with zero attached hydrogens (tertiary/aromatic N) is 5. The molecule has 27 heavy (non-hydrogen) atoms. The van der Waals surface area contributed by atoms with E-state index in [4.69, 9.17) is 9.26 Å². The van der Waals surface area contributed by atoms with Crippen LogP contribution in [0.25, 0.3) is 0 Å². The van der Waals surface area contributed by atoms with Crippen LogP contribution >= 0.6 is 0 Å². The van der Waals surface area contributed by atoms with E-state index in [0.717, 1.165) is 49.6 Å². The predicted octanol–water partition coefficient (Wildman–Crippen LogP) is 3.01. The van der Waals surface area contributed by atoms with E-state index in [1.807, 2.05) is 23.9 Å². The average molecular weight is 367 g/mol. The molecule has 1 aromatic carbocycles. The van der Waals surface area contributed by atoms with Gasteiger partial charge in [0, 0.05) is 43.9 Å². The lowest BCUT2D eigenvalue weighted by molar-refractivity contribution is 0.194. The van der Waals surface area contributed by atoms with Crippen LogP contribution in [0.15, 0.2) is 41.2 Å². The van der Waals surface area contributed by atoms with Gasteiger partial charge in [0.25, 0.3) is 0 Å². The summed E-state index contributed by atoms with van der Waals surface area (Å²) in [6, 6.07) is 8.36. The highest BCUT2D eigenvalue weighted by Gasteiger charge is 2.25. The maximum atomic E-state index is 5.53. The summed E-state index contributed by atoms with van der Waals surface area (Å²) in [5.74, 6) is 2.72. The molecule has 1 atom stereocenters. The second kappa shape index (κ2) is 7.92. The summed E-state index contributed by atoms with van der Waals surface area (Å²) >= 11 is 0. The van der Waals surface area contributed by atoms with Crippen molar-refractivity contribution in [2.24, 2.45) is 0 Å². The molecule has 0 N–H and O–H groups in total. The second-order valence-corrected chi connectivity index (χ2v) is 7.10. The lowest BCUT2D eigenvalue weighted by Gasteiger charge is -2.31. The molecule has 3 heterocycles. The third-order valence-corrected chi connectivity index (χ3v) is 5.06. The first-order chi connectivity index (χ1) is 13.2. The van der Waals surface area contributed by atoms with E-state index in [1.54, 1.807) is 13.3 Å². The fourth-order valence-electron chi connectivity index (χ4n) is 3.77. The van der Waals surface area contributed by atoms with Gasteiger partial charge in [0.05, 0.1) is 13.7 Å². The topological polar surface area (TPSA) is 69.2 Å². The first-order valence-electron chi connectivity index (χ1n) is 9.37. The fraction of sp³-hybridized carbons (Fsp3) is 0.450. The first-order valence-corrected chi connectivity index (χ1v) is 9.37. The molecular formula is C20H25N5O2. The minimum absolute atomic E-state index is 0.345. The summed E-state index contributed by atoms with van der Waals surface area (Å²) in [6.07, 6.45) is 6.02. The first kappa shape index (κ1) is 17.7. The number of hydrogen-bond acceptors (Lipinski definition) is 6. The van der Waals surface area contributed by atoms with Gasteiger partial charge in [-0.1, -0.05) is 11.2 Å². The van der Waals surface area contributed by atoms with E-state index >= 15 is 0 Å². The molecule has 3 aromatic rings. The number of rotatable bonds is 6. The van der Waals surface area contributed by atoms with Crippen LogP contribution in [0.2, 0.25) is 0 Å². The standard InChI is InChI=1S/C20H25N5O2/c1-15-22-20(23-27-15)17-5-3-9-24(13-17)12-16-6-7-19(26-2)18(11-16)14-25-10-4-8-21-25/h4,6-8,10-11,17H,3,5,9,12-14H2,1-2H3/t17-/m1/s1. The van der Waals surface area contributed by atoms with E-state index in [0.29, 0.717) is 18.4 Å². The van der Waals surface area contributed by atoms with Crippen LogP contribution in [-0.2, 0) is 13.1 Å². The Labute approximate surface area is 158 Å². The molecular weight excluding hydrogens is 342 g/mol. The molecule has 4 rings (SSSR count). The average Bonchev–Trinajstić information content (AvgIpc) is 3.34. The Morgan fingerprint density at radius 1 is 1.30 bits per heavy atom.